The molecule has 0 saturated carbocycles. The summed E-state index contributed by atoms with van der Waals surface area (Å²) in [7, 11) is 1.55. The number of hydrazone groups is 1. The smallest absolute Gasteiger partial charge is 0.249 e. The molecule has 7 nitrogen and oxygen atoms in total. The van der Waals surface area contributed by atoms with Gasteiger partial charge in [-0.25, -0.2) is 5.43 Å². The fourth-order valence-electron chi connectivity index (χ4n) is 2.55. The van der Waals surface area contributed by atoms with Gasteiger partial charge in [-0.05, 0) is 48.7 Å². The number of methoxy groups -OCH3 is 1. The molecule has 2 aromatic rings. The summed E-state index contributed by atoms with van der Waals surface area (Å²) in [5.41, 5.74) is 4.80. The maximum absolute atomic E-state index is 12.1. The second kappa shape index (κ2) is 10.7. The highest BCUT2D eigenvalue weighted by Crippen LogP contribution is 2.27. The molecule has 28 heavy (non-hydrogen) atoms. The van der Waals surface area contributed by atoms with Gasteiger partial charge in [0.1, 0.15) is 6.42 Å². The van der Waals surface area contributed by atoms with Gasteiger partial charge in [-0.15, -0.1) is 0 Å². The molecule has 0 bridgehead atoms. The maximum atomic E-state index is 12.1. The summed E-state index contributed by atoms with van der Waals surface area (Å²) in [4.78, 5) is 24.0. The van der Waals surface area contributed by atoms with Gasteiger partial charge < -0.3 is 14.8 Å². The molecule has 0 fully saturated rings. The van der Waals surface area contributed by atoms with Crippen LogP contribution in [0.5, 0.6) is 11.5 Å². The molecule has 0 spiro atoms. The van der Waals surface area contributed by atoms with Crippen molar-refractivity contribution in [3.8, 4) is 11.5 Å². The zero-order chi connectivity index (χ0) is 20.4. The van der Waals surface area contributed by atoms with E-state index in [0.717, 1.165) is 17.5 Å². The Bertz CT molecular complexity index is 849. The topological polar surface area (TPSA) is 89.0 Å². The Balaban J connectivity index is 1.88. The van der Waals surface area contributed by atoms with Gasteiger partial charge in [-0.1, -0.05) is 25.1 Å². The van der Waals surface area contributed by atoms with Crippen molar-refractivity contribution in [2.45, 2.75) is 26.7 Å². The quantitative estimate of drug-likeness (QED) is 0.395. The first-order valence-corrected chi connectivity index (χ1v) is 9.07. The van der Waals surface area contributed by atoms with Crippen molar-refractivity contribution in [3.63, 3.8) is 0 Å². The Kier molecular flexibility index (Phi) is 8.02. The van der Waals surface area contributed by atoms with Crippen LogP contribution in [0.1, 0.15) is 31.4 Å². The molecule has 0 aliphatic heterocycles. The molecule has 2 aromatic carbocycles. The molecule has 0 aromatic heterocycles. The van der Waals surface area contributed by atoms with E-state index in [0.29, 0.717) is 23.8 Å². The third-order valence-electron chi connectivity index (χ3n) is 3.88. The molecule has 148 valence electrons. The van der Waals surface area contributed by atoms with E-state index in [9.17, 15) is 9.59 Å². The van der Waals surface area contributed by atoms with Crippen LogP contribution in [0, 0.1) is 0 Å². The average molecular weight is 383 g/mol. The lowest BCUT2D eigenvalue weighted by atomic mass is 10.1. The van der Waals surface area contributed by atoms with Crippen LogP contribution in [0.25, 0.3) is 0 Å². The first-order chi connectivity index (χ1) is 13.6. The molecular formula is C21H25N3O4. The lowest BCUT2D eigenvalue weighted by molar-refractivity contribution is -0.126. The summed E-state index contributed by atoms with van der Waals surface area (Å²) in [6.45, 7) is 4.42. The average Bonchev–Trinajstić information content (AvgIpc) is 2.69. The number of anilines is 1. The molecule has 0 unspecified atom stereocenters. The van der Waals surface area contributed by atoms with Crippen molar-refractivity contribution in [1.82, 2.24) is 5.43 Å². The Morgan fingerprint density at radius 1 is 1.07 bits per heavy atom. The van der Waals surface area contributed by atoms with E-state index < -0.39 is 11.8 Å². The van der Waals surface area contributed by atoms with Crippen LogP contribution < -0.4 is 20.2 Å². The molecule has 2 amide bonds. The van der Waals surface area contributed by atoms with Gasteiger partial charge >= 0.3 is 0 Å². The summed E-state index contributed by atoms with van der Waals surface area (Å²) >= 11 is 0. The van der Waals surface area contributed by atoms with Crippen LogP contribution in [-0.2, 0) is 16.0 Å². The minimum absolute atomic E-state index is 0.317. The van der Waals surface area contributed by atoms with Crippen LogP contribution in [0.4, 0.5) is 5.69 Å². The number of nitrogens with one attached hydrogen (secondary N) is 2. The Hall–Kier alpha value is -3.35. The van der Waals surface area contributed by atoms with E-state index in [1.54, 1.807) is 25.3 Å². The van der Waals surface area contributed by atoms with Gasteiger partial charge in [0.15, 0.2) is 11.5 Å². The molecule has 7 heteroatoms. The largest absolute Gasteiger partial charge is 0.493 e. The lowest BCUT2D eigenvalue weighted by Gasteiger charge is -2.09. The minimum atomic E-state index is -0.499. The normalized spacial score (nSPS) is 10.5. The Labute approximate surface area is 164 Å². The van der Waals surface area contributed by atoms with Gasteiger partial charge in [0, 0.05) is 5.69 Å². The number of hydrogen-bond donors (Lipinski definition) is 2. The van der Waals surface area contributed by atoms with Gasteiger partial charge in [-0.3, -0.25) is 9.59 Å². The van der Waals surface area contributed by atoms with E-state index in [-0.39, 0.29) is 6.42 Å². The van der Waals surface area contributed by atoms with Gasteiger partial charge in [-0.2, -0.15) is 5.10 Å². The number of aryl methyl sites for hydroxylation is 1. The molecule has 0 radical (unpaired) electrons. The van der Waals surface area contributed by atoms with Gasteiger partial charge in [0.25, 0.3) is 0 Å². The summed E-state index contributed by atoms with van der Waals surface area (Å²) in [6.07, 6.45) is 1.95. The van der Waals surface area contributed by atoms with Crippen molar-refractivity contribution < 1.29 is 19.1 Å². The lowest BCUT2D eigenvalue weighted by Crippen LogP contribution is -2.25. The van der Waals surface area contributed by atoms with Gasteiger partial charge in [0.2, 0.25) is 11.8 Å². The number of carbonyl (C=O) groups excluding carboxylic acids is 2. The molecule has 2 rings (SSSR count). The molecule has 0 atom stereocenters. The van der Waals surface area contributed by atoms with Crippen LogP contribution >= 0.6 is 0 Å². The fourth-order valence-corrected chi connectivity index (χ4v) is 2.55. The number of hydrogen-bond acceptors (Lipinski definition) is 5. The standard InChI is InChI=1S/C21H25N3O4/c1-4-16-8-6-7-9-17(16)23-20(25)13-21(26)24-22-14-15-10-11-18(28-5-2)19(12-15)27-3/h6-12,14H,4-5,13H2,1-3H3,(H,23,25)(H,24,26). The predicted molar refractivity (Wildman–Crippen MR) is 109 cm³/mol. The highest BCUT2D eigenvalue weighted by molar-refractivity contribution is 6.04. The van der Waals surface area contributed by atoms with E-state index in [1.807, 2.05) is 38.1 Å². The van der Waals surface area contributed by atoms with Crippen molar-refractivity contribution in [3.05, 3.63) is 53.6 Å². The van der Waals surface area contributed by atoms with Crippen molar-refractivity contribution in [2.75, 3.05) is 19.0 Å². The summed E-state index contributed by atoms with van der Waals surface area (Å²) < 4.78 is 10.7. The number of nitrogens with zero attached hydrogens (tertiary/aromatic N) is 1. The number of para-hydroxylation sites is 1. The number of ether oxygens (including phenoxy) is 2. The van der Waals surface area contributed by atoms with Crippen LogP contribution in [0.3, 0.4) is 0 Å². The first-order valence-electron chi connectivity index (χ1n) is 9.07. The third kappa shape index (κ3) is 6.12. The second-order valence-electron chi connectivity index (χ2n) is 5.87. The Morgan fingerprint density at radius 3 is 2.57 bits per heavy atom. The second-order valence-corrected chi connectivity index (χ2v) is 5.87. The van der Waals surface area contributed by atoms with Gasteiger partial charge in [0.05, 0.1) is 19.9 Å². The van der Waals surface area contributed by atoms with Crippen LogP contribution in [-0.4, -0.2) is 31.7 Å². The monoisotopic (exact) mass is 383 g/mol. The summed E-state index contributed by atoms with van der Waals surface area (Å²) in [5, 5.41) is 6.64. The SMILES string of the molecule is CCOc1ccc(C=NNC(=O)CC(=O)Nc2ccccc2CC)cc1OC. The highest BCUT2D eigenvalue weighted by atomic mass is 16.5. The molecule has 2 N–H and O–H groups in total. The van der Waals surface area contributed by atoms with Crippen molar-refractivity contribution in [1.29, 1.82) is 0 Å². The minimum Gasteiger partial charge on any atom is -0.493 e. The number of benzene rings is 2. The van der Waals surface area contributed by atoms with E-state index in [2.05, 4.69) is 15.8 Å². The molecule has 0 heterocycles. The maximum Gasteiger partial charge on any atom is 0.249 e. The number of rotatable bonds is 9. The molecular weight excluding hydrogens is 358 g/mol. The van der Waals surface area contributed by atoms with E-state index in [1.165, 1.54) is 6.21 Å². The molecule has 0 aliphatic rings. The summed E-state index contributed by atoms with van der Waals surface area (Å²) in [6, 6.07) is 12.8. The third-order valence-corrected chi connectivity index (χ3v) is 3.88. The number of carbonyl (C=O) groups is 2. The van der Waals surface area contributed by atoms with E-state index >= 15 is 0 Å². The molecule has 0 aliphatic carbocycles. The predicted octanol–water partition coefficient (Wildman–Crippen LogP) is 3.14. The number of amides is 2. The summed E-state index contributed by atoms with van der Waals surface area (Å²) in [5.74, 6) is 0.318. The van der Waals surface area contributed by atoms with E-state index in [4.69, 9.17) is 9.47 Å². The Morgan fingerprint density at radius 2 is 1.86 bits per heavy atom. The van der Waals surface area contributed by atoms with Crippen LogP contribution in [0.2, 0.25) is 0 Å². The fraction of sp³-hybridized carbons (Fsp3) is 0.286. The zero-order valence-electron chi connectivity index (χ0n) is 16.3. The van der Waals surface area contributed by atoms with Crippen molar-refractivity contribution >= 4 is 23.7 Å². The van der Waals surface area contributed by atoms with Crippen LogP contribution in [0.15, 0.2) is 47.6 Å². The zero-order valence-corrected chi connectivity index (χ0v) is 16.3. The van der Waals surface area contributed by atoms with Crippen molar-refractivity contribution in [2.24, 2.45) is 5.10 Å². The first kappa shape index (κ1) is 21.0. The highest BCUT2D eigenvalue weighted by Gasteiger charge is 2.10. The molecule has 0 saturated heterocycles.